The molecule has 0 fully saturated rings. The SMILES string of the molecule is Cc1cc(Br)cc(C)c1OCC(=O)Nc1ccc(Cl)nc1. The zero-order valence-electron chi connectivity index (χ0n) is 11.6. The summed E-state index contributed by atoms with van der Waals surface area (Å²) in [5.74, 6) is 0.475. The molecule has 2 rings (SSSR count). The first kappa shape index (κ1) is 15.8. The quantitative estimate of drug-likeness (QED) is 0.824. The van der Waals surface area contributed by atoms with Gasteiger partial charge in [-0.2, -0.15) is 0 Å². The number of aromatic nitrogens is 1. The van der Waals surface area contributed by atoms with Crippen LogP contribution in [0.4, 0.5) is 5.69 Å². The summed E-state index contributed by atoms with van der Waals surface area (Å²) in [6.07, 6.45) is 1.50. The number of aryl methyl sites for hydroxylation is 2. The fourth-order valence-corrected chi connectivity index (χ4v) is 2.71. The monoisotopic (exact) mass is 368 g/mol. The summed E-state index contributed by atoms with van der Waals surface area (Å²) in [6, 6.07) is 7.19. The maximum absolute atomic E-state index is 11.9. The molecule has 1 aromatic carbocycles. The van der Waals surface area contributed by atoms with Crippen molar-refractivity contribution in [1.82, 2.24) is 4.98 Å². The van der Waals surface area contributed by atoms with E-state index >= 15 is 0 Å². The van der Waals surface area contributed by atoms with Gasteiger partial charge >= 0.3 is 0 Å². The number of anilines is 1. The van der Waals surface area contributed by atoms with E-state index in [1.807, 2.05) is 26.0 Å². The molecule has 0 aliphatic heterocycles. The number of amides is 1. The van der Waals surface area contributed by atoms with Crippen LogP contribution in [0.1, 0.15) is 11.1 Å². The summed E-state index contributed by atoms with van der Waals surface area (Å²) in [4.78, 5) is 15.7. The van der Waals surface area contributed by atoms with E-state index in [4.69, 9.17) is 16.3 Å². The lowest BCUT2D eigenvalue weighted by molar-refractivity contribution is -0.118. The molecule has 0 aliphatic carbocycles. The molecule has 4 nitrogen and oxygen atoms in total. The molecule has 0 saturated heterocycles. The van der Waals surface area contributed by atoms with E-state index in [9.17, 15) is 4.79 Å². The van der Waals surface area contributed by atoms with Gasteiger partial charge < -0.3 is 10.1 Å². The summed E-state index contributed by atoms with van der Waals surface area (Å²) in [5.41, 5.74) is 2.53. The summed E-state index contributed by atoms with van der Waals surface area (Å²) >= 11 is 9.11. The zero-order chi connectivity index (χ0) is 15.4. The standard InChI is InChI=1S/C15H14BrClN2O2/c1-9-5-11(16)6-10(2)15(9)21-8-14(20)19-12-3-4-13(17)18-7-12/h3-7H,8H2,1-2H3,(H,19,20). The van der Waals surface area contributed by atoms with Gasteiger partial charge in [0.25, 0.3) is 5.91 Å². The Labute approximate surface area is 136 Å². The lowest BCUT2D eigenvalue weighted by Crippen LogP contribution is -2.20. The largest absolute Gasteiger partial charge is 0.483 e. The Bertz CT molecular complexity index is 636. The van der Waals surface area contributed by atoms with Crippen molar-refractivity contribution in [1.29, 1.82) is 0 Å². The van der Waals surface area contributed by atoms with Gasteiger partial charge in [0, 0.05) is 4.47 Å². The molecule has 21 heavy (non-hydrogen) atoms. The number of hydrogen-bond donors (Lipinski definition) is 1. The molecular weight excluding hydrogens is 356 g/mol. The molecule has 0 bridgehead atoms. The molecule has 2 aromatic rings. The van der Waals surface area contributed by atoms with Crippen LogP contribution >= 0.6 is 27.5 Å². The lowest BCUT2D eigenvalue weighted by Gasteiger charge is -2.12. The van der Waals surface area contributed by atoms with Crippen LogP contribution in [0.2, 0.25) is 5.15 Å². The van der Waals surface area contributed by atoms with E-state index in [1.54, 1.807) is 12.1 Å². The molecular formula is C15H14BrClN2O2. The number of nitrogens with zero attached hydrogens (tertiary/aromatic N) is 1. The topological polar surface area (TPSA) is 51.2 Å². The van der Waals surface area contributed by atoms with Gasteiger partial charge in [0.2, 0.25) is 0 Å². The third-order valence-electron chi connectivity index (χ3n) is 2.78. The number of pyridine rings is 1. The van der Waals surface area contributed by atoms with Crippen molar-refractivity contribution < 1.29 is 9.53 Å². The fourth-order valence-electron chi connectivity index (χ4n) is 1.91. The Kier molecular flexibility index (Phi) is 5.20. The molecule has 0 atom stereocenters. The molecule has 0 spiro atoms. The highest BCUT2D eigenvalue weighted by atomic mass is 79.9. The zero-order valence-corrected chi connectivity index (χ0v) is 14.0. The highest BCUT2D eigenvalue weighted by molar-refractivity contribution is 9.10. The molecule has 110 valence electrons. The summed E-state index contributed by atoms with van der Waals surface area (Å²) in [5, 5.41) is 3.08. The van der Waals surface area contributed by atoms with E-state index in [-0.39, 0.29) is 12.5 Å². The molecule has 1 aromatic heterocycles. The van der Waals surface area contributed by atoms with Crippen molar-refractivity contribution >= 4 is 39.1 Å². The Morgan fingerprint density at radius 2 is 2.00 bits per heavy atom. The number of carbonyl (C=O) groups excluding carboxylic acids is 1. The van der Waals surface area contributed by atoms with Crippen molar-refractivity contribution in [3.05, 3.63) is 51.2 Å². The first-order valence-corrected chi connectivity index (χ1v) is 7.44. The third-order valence-corrected chi connectivity index (χ3v) is 3.47. The number of benzene rings is 1. The lowest BCUT2D eigenvalue weighted by atomic mass is 10.1. The van der Waals surface area contributed by atoms with E-state index in [0.29, 0.717) is 10.8 Å². The van der Waals surface area contributed by atoms with Crippen LogP contribution in [-0.2, 0) is 4.79 Å². The van der Waals surface area contributed by atoms with Gasteiger partial charge in [-0.05, 0) is 49.2 Å². The fraction of sp³-hybridized carbons (Fsp3) is 0.200. The molecule has 0 unspecified atom stereocenters. The molecule has 1 N–H and O–H groups in total. The third kappa shape index (κ3) is 4.44. The van der Waals surface area contributed by atoms with Gasteiger partial charge in [-0.3, -0.25) is 4.79 Å². The molecule has 0 aliphatic rings. The predicted octanol–water partition coefficient (Wildman–Crippen LogP) is 4.13. The van der Waals surface area contributed by atoms with Gasteiger partial charge in [0.1, 0.15) is 10.9 Å². The summed E-state index contributed by atoms with van der Waals surface area (Å²) < 4.78 is 6.59. The van der Waals surface area contributed by atoms with E-state index in [0.717, 1.165) is 21.3 Å². The average Bonchev–Trinajstić information content (AvgIpc) is 2.40. The van der Waals surface area contributed by atoms with Gasteiger partial charge in [0.15, 0.2) is 6.61 Å². The number of nitrogens with one attached hydrogen (secondary N) is 1. The number of carbonyl (C=O) groups is 1. The van der Waals surface area contributed by atoms with E-state index < -0.39 is 0 Å². The van der Waals surface area contributed by atoms with Crippen molar-refractivity contribution in [3.63, 3.8) is 0 Å². The van der Waals surface area contributed by atoms with Crippen LogP contribution < -0.4 is 10.1 Å². The second-order valence-corrected chi connectivity index (χ2v) is 5.88. The van der Waals surface area contributed by atoms with Crippen LogP contribution in [0, 0.1) is 13.8 Å². The second kappa shape index (κ2) is 6.91. The summed E-state index contributed by atoms with van der Waals surface area (Å²) in [6.45, 7) is 3.81. The minimum absolute atomic E-state index is 0.0636. The van der Waals surface area contributed by atoms with Gasteiger partial charge in [0.05, 0.1) is 11.9 Å². The Balaban J connectivity index is 1.97. The highest BCUT2D eigenvalue weighted by Crippen LogP contribution is 2.27. The minimum Gasteiger partial charge on any atom is -0.483 e. The molecule has 1 amide bonds. The van der Waals surface area contributed by atoms with Crippen LogP contribution in [0.25, 0.3) is 0 Å². The Morgan fingerprint density at radius 1 is 1.33 bits per heavy atom. The van der Waals surface area contributed by atoms with Crippen LogP contribution in [-0.4, -0.2) is 17.5 Å². The van der Waals surface area contributed by atoms with Crippen LogP contribution in [0.15, 0.2) is 34.9 Å². The van der Waals surface area contributed by atoms with Gasteiger partial charge in [-0.1, -0.05) is 27.5 Å². The average molecular weight is 370 g/mol. The van der Waals surface area contributed by atoms with Gasteiger partial charge in [-0.25, -0.2) is 4.98 Å². The van der Waals surface area contributed by atoms with Crippen molar-refractivity contribution in [2.45, 2.75) is 13.8 Å². The van der Waals surface area contributed by atoms with E-state index in [2.05, 4.69) is 26.2 Å². The number of halogens is 2. The normalized spacial score (nSPS) is 10.3. The maximum Gasteiger partial charge on any atom is 0.262 e. The smallest absolute Gasteiger partial charge is 0.262 e. The first-order chi connectivity index (χ1) is 9.95. The Hall–Kier alpha value is -1.59. The van der Waals surface area contributed by atoms with Gasteiger partial charge in [-0.15, -0.1) is 0 Å². The number of rotatable bonds is 4. The number of ether oxygens (including phenoxy) is 1. The second-order valence-electron chi connectivity index (χ2n) is 4.58. The van der Waals surface area contributed by atoms with Crippen molar-refractivity contribution in [2.75, 3.05) is 11.9 Å². The molecule has 6 heteroatoms. The van der Waals surface area contributed by atoms with Crippen LogP contribution in [0.3, 0.4) is 0 Å². The predicted molar refractivity (Wildman–Crippen MR) is 87.0 cm³/mol. The molecule has 0 saturated carbocycles. The summed E-state index contributed by atoms with van der Waals surface area (Å²) in [7, 11) is 0. The van der Waals surface area contributed by atoms with Crippen molar-refractivity contribution in [2.24, 2.45) is 0 Å². The molecule has 1 heterocycles. The maximum atomic E-state index is 11.9. The molecule has 0 radical (unpaired) electrons. The van der Waals surface area contributed by atoms with Crippen molar-refractivity contribution in [3.8, 4) is 5.75 Å². The number of hydrogen-bond acceptors (Lipinski definition) is 3. The minimum atomic E-state index is -0.249. The highest BCUT2D eigenvalue weighted by Gasteiger charge is 2.09. The Morgan fingerprint density at radius 3 is 2.57 bits per heavy atom. The first-order valence-electron chi connectivity index (χ1n) is 6.26. The van der Waals surface area contributed by atoms with E-state index in [1.165, 1.54) is 6.20 Å². The van der Waals surface area contributed by atoms with Crippen LogP contribution in [0.5, 0.6) is 5.75 Å².